The number of fused-ring (bicyclic) bond motifs is 2. The average molecular weight is 386 g/mol. The van der Waals surface area contributed by atoms with Gasteiger partial charge in [-0.2, -0.15) is 8.78 Å². The van der Waals surface area contributed by atoms with Crippen LogP contribution >= 0.6 is 0 Å². The van der Waals surface area contributed by atoms with Crippen LogP contribution in [0.3, 0.4) is 0 Å². The molecule has 0 saturated carbocycles. The maximum absolute atomic E-state index is 14.8. The molecule has 4 rings (SSSR count). The molecule has 1 aromatic carbocycles. The number of aromatic nitrogens is 2. The van der Waals surface area contributed by atoms with Gasteiger partial charge in [-0.3, -0.25) is 4.90 Å². The number of alkyl halides is 2. The molecule has 28 heavy (non-hydrogen) atoms. The molecular formula is C20H24F2N6. The molecule has 2 saturated heterocycles. The first-order valence-corrected chi connectivity index (χ1v) is 9.54. The van der Waals surface area contributed by atoms with E-state index in [1.165, 1.54) is 18.5 Å². The minimum absolute atomic E-state index is 0.0711. The van der Waals surface area contributed by atoms with Gasteiger partial charge in [-0.05, 0) is 25.7 Å². The van der Waals surface area contributed by atoms with Crippen molar-refractivity contribution in [3.8, 4) is 0 Å². The largest absolute Gasteiger partial charge is 0.383 e. The number of piperidine rings is 1. The summed E-state index contributed by atoms with van der Waals surface area (Å²) in [7, 11) is 0. The lowest BCUT2D eigenvalue weighted by Gasteiger charge is -2.41. The number of hydrogen-bond acceptors (Lipinski definition) is 6. The quantitative estimate of drug-likeness (QED) is 0.663. The van der Waals surface area contributed by atoms with E-state index in [2.05, 4.69) is 15.3 Å². The molecule has 2 unspecified atom stereocenters. The molecule has 0 radical (unpaired) electrons. The highest BCUT2D eigenvalue weighted by molar-refractivity contribution is 5.89. The fourth-order valence-electron chi connectivity index (χ4n) is 4.51. The first-order chi connectivity index (χ1) is 13.5. The topological polar surface area (TPSA) is 90.9 Å². The van der Waals surface area contributed by atoms with Crippen molar-refractivity contribution in [1.82, 2.24) is 14.9 Å². The zero-order valence-electron chi connectivity index (χ0n) is 15.5. The standard InChI is InChI=1S/C20H24F2N6/c21-20(22,13-4-2-1-3-5-13)11-28-15-6-7-16(28)9-14(8-15)27-19-17(10-23)18(24)25-12-26-19/h1-5,10,12,14-16,23H,6-9,11H2,(H3,24,25,26,27). The van der Waals surface area contributed by atoms with E-state index in [1.54, 1.807) is 18.2 Å². The third-order valence-electron chi connectivity index (χ3n) is 5.86. The fourth-order valence-corrected chi connectivity index (χ4v) is 4.51. The van der Waals surface area contributed by atoms with Crippen LogP contribution in [0.5, 0.6) is 0 Å². The number of anilines is 2. The van der Waals surface area contributed by atoms with Crippen molar-refractivity contribution in [2.75, 3.05) is 17.6 Å². The predicted molar refractivity (Wildman–Crippen MR) is 105 cm³/mol. The van der Waals surface area contributed by atoms with Crippen LogP contribution < -0.4 is 11.1 Å². The summed E-state index contributed by atoms with van der Waals surface area (Å²) in [6, 6.07) is 8.41. The highest BCUT2D eigenvalue weighted by Gasteiger charge is 2.45. The molecule has 2 atom stereocenters. The van der Waals surface area contributed by atoms with Crippen molar-refractivity contribution in [2.45, 2.75) is 49.7 Å². The number of benzene rings is 1. The van der Waals surface area contributed by atoms with Crippen LogP contribution in [-0.4, -0.2) is 45.8 Å². The average Bonchev–Trinajstić information content (AvgIpc) is 2.90. The van der Waals surface area contributed by atoms with E-state index in [9.17, 15) is 8.78 Å². The van der Waals surface area contributed by atoms with Gasteiger partial charge in [-0.1, -0.05) is 30.3 Å². The van der Waals surface area contributed by atoms with E-state index in [0.717, 1.165) is 31.9 Å². The fraction of sp³-hybridized carbons (Fsp3) is 0.450. The van der Waals surface area contributed by atoms with Crippen LogP contribution in [0.2, 0.25) is 0 Å². The maximum atomic E-state index is 14.8. The van der Waals surface area contributed by atoms with Gasteiger partial charge in [-0.25, -0.2) is 9.97 Å². The Morgan fingerprint density at radius 1 is 1.18 bits per heavy atom. The zero-order valence-corrected chi connectivity index (χ0v) is 15.5. The Morgan fingerprint density at radius 2 is 1.86 bits per heavy atom. The Morgan fingerprint density at radius 3 is 2.50 bits per heavy atom. The predicted octanol–water partition coefficient (Wildman–Crippen LogP) is 3.26. The first-order valence-electron chi connectivity index (χ1n) is 9.54. The molecule has 2 fully saturated rings. The molecule has 0 aliphatic carbocycles. The van der Waals surface area contributed by atoms with E-state index >= 15 is 0 Å². The number of nitrogen functional groups attached to an aromatic ring is 1. The van der Waals surface area contributed by atoms with Gasteiger partial charge in [0.2, 0.25) is 0 Å². The Bertz CT molecular complexity index is 830. The maximum Gasteiger partial charge on any atom is 0.285 e. The third-order valence-corrected chi connectivity index (χ3v) is 5.86. The number of halogens is 2. The molecule has 2 aliphatic heterocycles. The Hall–Kier alpha value is -2.61. The number of nitrogens with two attached hydrogens (primary N) is 1. The SMILES string of the molecule is N=Cc1c(N)ncnc1NC1CC2CCC(C1)N2CC(F)(F)c1ccccc1. The number of rotatable bonds is 6. The minimum atomic E-state index is -2.86. The summed E-state index contributed by atoms with van der Waals surface area (Å²) in [5.41, 5.74) is 6.35. The summed E-state index contributed by atoms with van der Waals surface area (Å²) in [4.78, 5) is 10.1. The highest BCUT2D eigenvalue weighted by atomic mass is 19.3. The van der Waals surface area contributed by atoms with Crippen LogP contribution in [0, 0.1) is 5.41 Å². The Kier molecular flexibility index (Phi) is 4.97. The summed E-state index contributed by atoms with van der Waals surface area (Å²) >= 11 is 0. The first kappa shape index (κ1) is 18.7. The van der Waals surface area contributed by atoms with Gasteiger partial charge in [0.1, 0.15) is 18.0 Å². The van der Waals surface area contributed by atoms with Crippen molar-refractivity contribution in [1.29, 1.82) is 5.41 Å². The summed E-state index contributed by atoms with van der Waals surface area (Å²) in [6.07, 6.45) is 5.90. The van der Waals surface area contributed by atoms with Gasteiger partial charge in [0.25, 0.3) is 5.92 Å². The molecule has 8 heteroatoms. The molecule has 6 nitrogen and oxygen atoms in total. The molecule has 1 aromatic heterocycles. The smallest absolute Gasteiger partial charge is 0.285 e. The van der Waals surface area contributed by atoms with Crippen molar-refractivity contribution in [3.05, 3.63) is 47.8 Å². The van der Waals surface area contributed by atoms with E-state index in [1.807, 2.05) is 4.90 Å². The number of nitrogens with one attached hydrogen (secondary N) is 2. The van der Waals surface area contributed by atoms with Gasteiger partial charge < -0.3 is 16.5 Å². The summed E-state index contributed by atoms with van der Waals surface area (Å²) in [5.74, 6) is -2.07. The summed E-state index contributed by atoms with van der Waals surface area (Å²) in [5, 5.41) is 10.9. The van der Waals surface area contributed by atoms with Gasteiger partial charge in [0, 0.05) is 29.9 Å². The monoisotopic (exact) mass is 386 g/mol. The molecular weight excluding hydrogens is 362 g/mol. The van der Waals surface area contributed by atoms with Gasteiger partial charge in [0.15, 0.2) is 0 Å². The molecule has 0 spiro atoms. The summed E-state index contributed by atoms with van der Waals surface area (Å²) in [6.45, 7) is -0.245. The zero-order chi connectivity index (χ0) is 19.7. The summed E-state index contributed by atoms with van der Waals surface area (Å²) < 4.78 is 29.6. The van der Waals surface area contributed by atoms with Crippen molar-refractivity contribution >= 4 is 17.9 Å². The van der Waals surface area contributed by atoms with E-state index < -0.39 is 5.92 Å². The Balaban J connectivity index is 1.45. The molecule has 4 N–H and O–H groups in total. The molecule has 2 aromatic rings. The second kappa shape index (κ2) is 7.43. The highest BCUT2D eigenvalue weighted by Crippen LogP contribution is 2.40. The molecule has 2 aliphatic rings. The van der Waals surface area contributed by atoms with Crippen LogP contribution in [0.15, 0.2) is 36.7 Å². The van der Waals surface area contributed by atoms with Crippen molar-refractivity contribution in [2.24, 2.45) is 0 Å². The van der Waals surface area contributed by atoms with Gasteiger partial charge >= 0.3 is 0 Å². The van der Waals surface area contributed by atoms with Crippen LogP contribution in [-0.2, 0) is 5.92 Å². The lowest BCUT2D eigenvalue weighted by molar-refractivity contribution is -0.0579. The lowest BCUT2D eigenvalue weighted by atomic mass is 9.95. The van der Waals surface area contributed by atoms with Crippen molar-refractivity contribution in [3.63, 3.8) is 0 Å². The Labute approximate surface area is 162 Å². The molecule has 0 amide bonds. The molecule has 3 heterocycles. The minimum Gasteiger partial charge on any atom is -0.383 e. The normalized spacial score (nSPS) is 24.9. The number of nitrogens with zero attached hydrogens (tertiary/aromatic N) is 3. The van der Waals surface area contributed by atoms with E-state index in [0.29, 0.717) is 11.4 Å². The van der Waals surface area contributed by atoms with Crippen molar-refractivity contribution < 1.29 is 8.78 Å². The van der Waals surface area contributed by atoms with E-state index in [4.69, 9.17) is 11.1 Å². The van der Waals surface area contributed by atoms with Crippen LogP contribution in [0.1, 0.15) is 36.8 Å². The van der Waals surface area contributed by atoms with Crippen LogP contribution in [0.25, 0.3) is 0 Å². The third kappa shape index (κ3) is 3.56. The lowest BCUT2D eigenvalue weighted by Crippen LogP contribution is -2.50. The number of hydrogen-bond donors (Lipinski definition) is 3. The molecule has 148 valence electrons. The van der Waals surface area contributed by atoms with Gasteiger partial charge in [-0.15, -0.1) is 0 Å². The molecule has 2 bridgehead atoms. The second-order valence-corrected chi connectivity index (χ2v) is 7.61. The van der Waals surface area contributed by atoms with Crippen LogP contribution in [0.4, 0.5) is 20.4 Å². The van der Waals surface area contributed by atoms with E-state index in [-0.39, 0.29) is 36.1 Å². The van der Waals surface area contributed by atoms with Gasteiger partial charge in [0.05, 0.1) is 12.1 Å². The second-order valence-electron chi connectivity index (χ2n) is 7.61.